The minimum absolute atomic E-state index is 0.122. The molecule has 8 nitrogen and oxygen atoms in total. The first-order chi connectivity index (χ1) is 11.4. The molecule has 134 valence electrons. The summed E-state index contributed by atoms with van der Waals surface area (Å²) in [5, 5.41) is 13.3. The van der Waals surface area contributed by atoms with Gasteiger partial charge in [-0.15, -0.1) is 0 Å². The van der Waals surface area contributed by atoms with Gasteiger partial charge in [-0.25, -0.2) is 13.1 Å². The van der Waals surface area contributed by atoms with Crippen LogP contribution < -0.4 is 4.72 Å². The summed E-state index contributed by atoms with van der Waals surface area (Å²) < 4.78 is 28.4. The molecule has 2 N–H and O–H groups in total. The van der Waals surface area contributed by atoms with Crippen LogP contribution in [0.25, 0.3) is 0 Å². The fraction of sp³-hybridized carbons (Fsp3) is 0.733. The highest BCUT2D eigenvalue weighted by Gasteiger charge is 2.44. The number of hydrogen-bond acceptors (Lipinski definition) is 5. The maximum absolute atomic E-state index is 12.2. The average Bonchev–Trinajstić information content (AvgIpc) is 3.12. The molecule has 1 saturated carbocycles. The van der Waals surface area contributed by atoms with Crippen molar-refractivity contribution in [2.75, 3.05) is 13.1 Å². The lowest BCUT2D eigenvalue weighted by Gasteiger charge is -2.32. The number of fused-ring (bicyclic) bond motifs is 1. The predicted octanol–water partition coefficient (Wildman–Crippen LogP) is 0.416. The predicted molar refractivity (Wildman–Crippen MR) is 86.9 cm³/mol. The van der Waals surface area contributed by atoms with Crippen LogP contribution in [0.2, 0.25) is 0 Å². The van der Waals surface area contributed by atoms with Gasteiger partial charge in [0.15, 0.2) is 0 Å². The van der Waals surface area contributed by atoms with Crippen molar-refractivity contribution >= 4 is 16.0 Å². The second-order valence-corrected chi connectivity index (χ2v) is 8.45. The van der Waals surface area contributed by atoms with Crippen LogP contribution in [-0.2, 0) is 21.9 Å². The Morgan fingerprint density at radius 3 is 2.83 bits per heavy atom. The Kier molecular flexibility index (Phi) is 4.93. The highest BCUT2D eigenvalue weighted by molar-refractivity contribution is 7.89. The first-order valence-electron chi connectivity index (χ1n) is 8.35. The van der Waals surface area contributed by atoms with Gasteiger partial charge in [-0.2, -0.15) is 5.10 Å². The number of nitrogens with zero attached hydrogens (tertiary/aromatic N) is 3. The van der Waals surface area contributed by atoms with Gasteiger partial charge < -0.3 is 5.11 Å². The summed E-state index contributed by atoms with van der Waals surface area (Å²) >= 11 is 0. The molecule has 24 heavy (non-hydrogen) atoms. The third kappa shape index (κ3) is 3.47. The number of carboxylic acids is 1. The summed E-state index contributed by atoms with van der Waals surface area (Å²) in [4.78, 5) is 13.7. The molecule has 2 fully saturated rings. The van der Waals surface area contributed by atoms with E-state index >= 15 is 0 Å². The van der Waals surface area contributed by atoms with Gasteiger partial charge in [0, 0.05) is 32.4 Å². The van der Waals surface area contributed by atoms with Gasteiger partial charge in [-0.1, -0.05) is 12.8 Å². The van der Waals surface area contributed by atoms with Crippen LogP contribution in [0.15, 0.2) is 17.3 Å². The molecule has 0 spiro atoms. The fourth-order valence-corrected chi connectivity index (χ4v) is 5.05. The Bertz CT molecular complexity index is 702. The van der Waals surface area contributed by atoms with Gasteiger partial charge >= 0.3 is 5.97 Å². The molecule has 1 aliphatic heterocycles. The molecule has 0 aromatic carbocycles. The molecule has 0 amide bonds. The van der Waals surface area contributed by atoms with Gasteiger partial charge in [0.25, 0.3) is 0 Å². The second-order valence-electron chi connectivity index (χ2n) is 6.69. The van der Waals surface area contributed by atoms with Crippen LogP contribution in [-0.4, -0.2) is 59.3 Å². The maximum Gasteiger partial charge on any atom is 0.320 e. The summed E-state index contributed by atoms with van der Waals surface area (Å²) in [5.74, 6) is -0.380. The summed E-state index contributed by atoms with van der Waals surface area (Å²) in [6.07, 6.45) is 7.77. The number of aromatic nitrogens is 2. The van der Waals surface area contributed by atoms with Crippen LogP contribution >= 0.6 is 0 Å². The molecular formula is C15H24N4O4S. The van der Waals surface area contributed by atoms with Crippen LogP contribution in [0.4, 0.5) is 0 Å². The van der Waals surface area contributed by atoms with E-state index in [0.29, 0.717) is 18.9 Å². The Hall–Kier alpha value is -1.45. The molecule has 1 aromatic rings. The Labute approximate surface area is 141 Å². The van der Waals surface area contributed by atoms with Crippen LogP contribution in [0.3, 0.4) is 0 Å². The summed E-state index contributed by atoms with van der Waals surface area (Å²) in [6.45, 7) is 0.613. The van der Waals surface area contributed by atoms with Gasteiger partial charge in [0.1, 0.15) is 10.9 Å². The minimum atomic E-state index is -3.61. The standard InChI is InChI=1S/C15H24N4O4S/c1-18-10-12(9-16-18)24(22,23)17-6-7-19-13-5-3-2-4-11(13)8-14(19)15(20)21/h9-11,13-14,17H,2-8H2,1H3,(H,20,21). The van der Waals surface area contributed by atoms with Crippen LogP contribution in [0.5, 0.6) is 0 Å². The zero-order valence-corrected chi connectivity index (χ0v) is 14.6. The molecule has 0 radical (unpaired) electrons. The van der Waals surface area contributed by atoms with Gasteiger partial charge in [-0.05, 0) is 25.2 Å². The first kappa shape index (κ1) is 17.4. The van der Waals surface area contributed by atoms with Gasteiger partial charge in [-0.3, -0.25) is 14.4 Å². The Balaban J connectivity index is 1.63. The highest BCUT2D eigenvalue weighted by Crippen LogP contribution is 2.39. The maximum atomic E-state index is 12.2. The van der Waals surface area contributed by atoms with Crippen molar-refractivity contribution in [3.05, 3.63) is 12.4 Å². The second kappa shape index (κ2) is 6.81. The lowest BCUT2D eigenvalue weighted by atomic mass is 9.85. The molecular weight excluding hydrogens is 332 g/mol. The molecule has 3 atom stereocenters. The normalized spacial score (nSPS) is 28.0. The lowest BCUT2D eigenvalue weighted by molar-refractivity contribution is -0.142. The minimum Gasteiger partial charge on any atom is -0.480 e. The van der Waals surface area contributed by atoms with E-state index in [2.05, 4.69) is 9.82 Å². The summed E-state index contributed by atoms with van der Waals surface area (Å²) in [7, 11) is -1.95. The molecule has 1 saturated heterocycles. The number of hydrogen-bond donors (Lipinski definition) is 2. The van der Waals surface area contributed by atoms with Crippen molar-refractivity contribution in [1.29, 1.82) is 0 Å². The quantitative estimate of drug-likeness (QED) is 0.765. The van der Waals surface area contributed by atoms with Crippen molar-refractivity contribution < 1.29 is 18.3 Å². The van der Waals surface area contributed by atoms with Crippen LogP contribution in [0, 0.1) is 5.92 Å². The third-order valence-electron chi connectivity index (χ3n) is 5.16. The topological polar surface area (TPSA) is 105 Å². The van der Waals surface area contributed by atoms with E-state index in [1.165, 1.54) is 17.1 Å². The molecule has 9 heteroatoms. The molecule has 2 heterocycles. The smallest absolute Gasteiger partial charge is 0.320 e. The summed E-state index contributed by atoms with van der Waals surface area (Å²) in [5.41, 5.74) is 0. The van der Waals surface area contributed by atoms with Crippen LogP contribution in [0.1, 0.15) is 32.1 Å². The number of carbonyl (C=O) groups is 1. The molecule has 1 aromatic heterocycles. The fourth-order valence-electron chi connectivity index (χ4n) is 4.05. The first-order valence-corrected chi connectivity index (χ1v) is 9.83. The third-order valence-corrected chi connectivity index (χ3v) is 6.58. The van der Waals surface area contributed by atoms with Crippen molar-refractivity contribution in [2.24, 2.45) is 13.0 Å². The van der Waals surface area contributed by atoms with Crippen molar-refractivity contribution in [3.8, 4) is 0 Å². The lowest BCUT2D eigenvalue weighted by Crippen LogP contribution is -2.46. The van der Waals surface area contributed by atoms with Crippen molar-refractivity contribution in [1.82, 2.24) is 19.4 Å². The van der Waals surface area contributed by atoms with Gasteiger partial charge in [0.2, 0.25) is 10.0 Å². The largest absolute Gasteiger partial charge is 0.480 e. The number of nitrogens with one attached hydrogen (secondary N) is 1. The average molecular weight is 356 g/mol. The van der Waals surface area contributed by atoms with Gasteiger partial charge in [0.05, 0.1) is 6.20 Å². The summed E-state index contributed by atoms with van der Waals surface area (Å²) in [6, 6.07) is -0.233. The number of sulfonamides is 1. The number of rotatable bonds is 6. The molecule has 0 bridgehead atoms. The molecule has 1 aliphatic carbocycles. The molecule has 2 aliphatic rings. The molecule has 3 rings (SSSR count). The van der Waals surface area contributed by atoms with E-state index in [0.717, 1.165) is 25.7 Å². The highest BCUT2D eigenvalue weighted by atomic mass is 32.2. The van der Waals surface area contributed by atoms with E-state index in [4.69, 9.17) is 0 Å². The molecule has 3 unspecified atom stereocenters. The number of likely N-dealkylation sites (tertiary alicyclic amines) is 1. The van der Waals surface area contributed by atoms with E-state index < -0.39 is 22.0 Å². The van der Waals surface area contributed by atoms with E-state index in [9.17, 15) is 18.3 Å². The van der Waals surface area contributed by atoms with Crippen molar-refractivity contribution in [2.45, 2.75) is 49.1 Å². The number of aliphatic carboxylic acids is 1. The van der Waals surface area contributed by atoms with E-state index in [1.807, 2.05) is 4.90 Å². The number of carboxylic acid groups (broad SMARTS) is 1. The van der Waals surface area contributed by atoms with E-state index in [-0.39, 0.29) is 17.5 Å². The van der Waals surface area contributed by atoms with Crippen molar-refractivity contribution in [3.63, 3.8) is 0 Å². The Morgan fingerprint density at radius 1 is 1.42 bits per heavy atom. The Morgan fingerprint density at radius 2 is 2.17 bits per heavy atom. The zero-order valence-electron chi connectivity index (χ0n) is 13.8. The number of aryl methyl sites for hydroxylation is 1. The van der Waals surface area contributed by atoms with E-state index in [1.54, 1.807) is 7.05 Å². The monoisotopic (exact) mass is 356 g/mol. The SMILES string of the molecule is Cn1cc(S(=O)(=O)NCCN2C(C(=O)O)CC3CCCCC32)cn1. The zero-order chi connectivity index (χ0) is 17.3.